The summed E-state index contributed by atoms with van der Waals surface area (Å²) in [5.74, 6) is 0. The van der Waals surface area contributed by atoms with Crippen molar-refractivity contribution >= 4 is 22.9 Å². The molecule has 1 heterocycles. The van der Waals surface area contributed by atoms with E-state index in [0.29, 0.717) is 0 Å². The Morgan fingerprint density at radius 3 is 2.94 bits per heavy atom. The normalized spacial score (nSPS) is 10.8. The number of hydrogen-bond donors (Lipinski definition) is 1. The van der Waals surface area contributed by atoms with Crippen molar-refractivity contribution in [2.45, 2.75) is 13.3 Å². The molecule has 2 aromatic rings. The molecule has 0 aliphatic carbocycles. The predicted molar refractivity (Wildman–Crippen MR) is 74.9 cm³/mol. The lowest BCUT2D eigenvalue weighted by molar-refractivity contribution is 0.781. The maximum atomic E-state index is 6.20. The molecular weight excluding hydrogens is 252 g/mol. The Hall–Kier alpha value is -0.900. The molecule has 0 aliphatic rings. The second kappa shape index (κ2) is 5.63. The fourth-order valence-electron chi connectivity index (χ4n) is 1.63. The molecule has 0 atom stereocenters. The van der Waals surface area contributed by atoms with E-state index in [1.807, 2.05) is 13.1 Å². The van der Waals surface area contributed by atoms with Crippen LogP contribution in [0.3, 0.4) is 0 Å². The van der Waals surface area contributed by atoms with Crippen LogP contribution < -0.4 is 5.32 Å². The van der Waals surface area contributed by atoms with E-state index in [0.717, 1.165) is 33.6 Å². The van der Waals surface area contributed by atoms with E-state index in [9.17, 15) is 0 Å². The Morgan fingerprint density at radius 1 is 1.41 bits per heavy atom. The van der Waals surface area contributed by atoms with Crippen molar-refractivity contribution in [2.75, 3.05) is 13.6 Å². The van der Waals surface area contributed by atoms with Gasteiger partial charge in [0, 0.05) is 18.5 Å². The van der Waals surface area contributed by atoms with Crippen molar-refractivity contribution in [2.24, 2.45) is 0 Å². The van der Waals surface area contributed by atoms with Crippen LogP contribution in [0.2, 0.25) is 4.34 Å². The van der Waals surface area contributed by atoms with Crippen LogP contribution in [0.4, 0.5) is 0 Å². The summed E-state index contributed by atoms with van der Waals surface area (Å²) < 4.78 is 0.803. The van der Waals surface area contributed by atoms with Gasteiger partial charge in [-0.1, -0.05) is 35.4 Å². The van der Waals surface area contributed by atoms with Crippen LogP contribution in [0, 0.1) is 6.92 Å². The molecule has 0 saturated heterocycles. The molecule has 2 rings (SSSR count). The van der Waals surface area contributed by atoms with Crippen LogP contribution in [-0.2, 0) is 6.42 Å². The summed E-state index contributed by atoms with van der Waals surface area (Å²) in [6.45, 7) is 2.98. The second-order valence-corrected chi connectivity index (χ2v) is 5.56. The maximum Gasteiger partial charge on any atom is 0.125 e. The molecule has 0 fully saturated rings. The van der Waals surface area contributed by atoms with Gasteiger partial charge in [0.15, 0.2) is 0 Å². The molecule has 0 bridgehead atoms. The Bertz CT molecular complexity index is 508. The van der Waals surface area contributed by atoms with Gasteiger partial charge in [-0.3, -0.25) is 0 Å². The number of benzene rings is 1. The molecule has 2 nitrogen and oxygen atoms in total. The smallest absolute Gasteiger partial charge is 0.125 e. The standard InChI is InChI=1S/C13H15ClN2S/c1-9-4-3-5-10(8-9)13-16-11(6-7-15-2)12(14)17-13/h3-5,8,15H,6-7H2,1-2H3. The van der Waals surface area contributed by atoms with Crippen LogP contribution in [0.25, 0.3) is 10.6 Å². The van der Waals surface area contributed by atoms with Gasteiger partial charge < -0.3 is 5.32 Å². The lowest BCUT2D eigenvalue weighted by Crippen LogP contribution is -2.10. The molecule has 0 unspecified atom stereocenters. The number of nitrogens with one attached hydrogen (secondary N) is 1. The van der Waals surface area contributed by atoms with Crippen LogP contribution in [0.15, 0.2) is 24.3 Å². The van der Waals surface area contributed by atoms with E-state index >= 15 is 0 Å². The van der Waals surface area contributed by atoms with E-state index in [2.05, 4.69) is 35.4 Å². The van der Waals surface area contributed by atoms with E-state index in [1.165, 1.54) is 5.56 Å². The van der Waals surface area contributed by atoms with Gasteiger partial charge in [0.1, 0.15) is 9.34 Å². The Morgan fingerprint density at radius 2 is 2.24 bits per heavy atom. The van der Waals surface area contributed by atoms with Gasteiger partial charge in [0.05, 0.1) is 5.69 Å². The minimum Gasteiger partial charge on any atom is -0.319 e. The Kier molecular flexibility index (Phi) is 4.15. The first kappa shape index (κ1) is 12.6. The SMILES string of the molecule is CNCCc1nc(-c2cccc(C)c2)sc1Cl. The van der Waals surface area contributed by atoms with Gasteiger partial charge in [-0.15, -0.1) is 11.3 Å². The quantitative estimate of drug-likeness (QED) is 0.916. The van der Waals surface area contributed by atoms with Gasteiger partial charge in [0.2, 0.25) is 0 Å². The van der Waals surface area contributed by atoms with Gasteiger partial charge in [-0.05, 0) is 20.0 Å². The molecule has 1 aromatic carbocycles. The fourth-order valence-corrected chi connectivity index (χ4v) is 2.82. The highest BCUT2D eigenvalue weighted by atomic mass is 35.5. The highest BCUT2D eigenvalue weighted by molar-refractivity contribution is 7.19. The molecule has 17 heavy (non-hydrogen) atoms. The third kappa shape index (κ3) is 3.06. The molecule has 0 saturated carbocycles. The van der Waals surface area contributed by atoms with Crippen LogP contribution in [0.1, 0.15) is 11.3 Å². The average molecular weight is 267 g/mol. The third-order valence-corrected chi connectivity index (χ3v) is 3.91. The van der Waals surface area contributed by atoms with Crippen LogP contribution >= 0.6 is 22.9 Å². The second-order valence-electron chi connectivity index (χ2n) is 3.96. The lowest BCUT2D eigenvalue weighted by Gasteiger charge is -1.97. The average Bonchev–Trinajstić information content (AvgIpc) is 2.68. The molecule has 0 aliphatic heterocycles. The number of aryl methyl sites for hydroxylation is 1. The number of aromatic nitrogens is 1. The number of hydrogen-bond acceptors (Lipinski definition) is 3. The number of likely N-dealkylation sites (N-methyl/N-ethyl adjacent to an activating group) is 1. The molecule has 1 N–H and O–H groups in total. The summed E-state index contributed by atoms with van der Waals surface area (Å²) >= 11 is 7.75. The summed E-state index contributed by atoms with van der Waals surface area (Å²) in [6.07, 6.45) is 0.873. The monoisotopic (exact) mass is 266 g/mol. The van der Waals surface area contributed by atoms with Gasteiger partial charge in [0.25, 0.3) is 0 Å². The minimum absolute atomic E-state index is 0.803. The summed E-state index contributed by atoms with van der Waals surface area (Å²) in [4.78, 5) is 4.61. The van der Waals surface area contributed by atoms with Crippen molar-refractivity contribution in [3.63, 3.8) is 0 Å². The highest BCUT2D eigenvalue weighted by Gasteiger charge is 2.10. The zero-order chi connectivity index (χ0) is 12.3. The predicted octanol–water partition coefficient (Wildman–Crippen LogP) is 3.53. The van der Waals surface area contributed by atoms with E-state index in [1.54, 1.807) is 11.3 Å². The summed E-state index contributed by atoms with van der Waals surface area (Å²) in [6, 6.07) is 8.34. The largest absolute Gasteiger partial charge is 0.319 e. The maximum absolute atomic E-state index is 6.20. The van der Waals surface area contributed by atoms with Crippen molar-refractivity contribution in [1.82, 2.24) is 10.3 Å². The fraction of sp³-hybridized carbons (Fsp3) is 0.308. The first-order chi connectivity index (χ1) is 8.20. The molecule has 0 radical (unpaired) electrons. The van der Waals surface area contributed by atoms with Crippen LogP contribution in [0.5, 0.6) is 0 Å². The number of halogens is 1. The molecule has 0 spiro atoms. The van der Waals surface area contributed by atoms with E-state index < -0.39 is 0 Å². The number of rotatable bonds is 4. The number of thiazole rings is 1. The van der Waals surface area contributed by atoms with Gasteiger partial charge in [-0.2, -0.15) is 0 Å². The molecule has 4 heteroatoms. The Balaban J connectivity index is 2.28. The van der Waals surface area contributed by atoms with Crippen molar-refractivity contribution in [1.29, 1.82) is 0 Å². The van der Waals surface area contributed by atoms with Crippen molar-refractivity contribution < 1.29 is 0 Å². The minimum atomic E-state index is 0.803. The third-order valence-electron chi connectivity index (χ3n) is 2.53. The van der Waals surface area contributed by atoms with Crippen molar-refractivity contribution in [3.05, 3.63) is 39.9 Å². The summed E-state index contributed by atoms with van der Waals surface area (Å²) in [5.41, 5.74) is 3.38. The van der Waals surface area contributed by atoms with Crippen LogP contribution in [-0.4, -0.2) is 18.6 Å². The van der Waals surface area contributed by atoms with Gasteiger partial charge in [-0.25, -0.2) is 4.98 Å². The van der Waals surface area contributed by atoms with Crippen molar-refractivity contribution in [3.8, 4) is 10.6 Å². The molecular formula is C13H15ClN2S. The highest BCUT2D eigenvalue weighted by Crippen LogP contribution is 2.32. The first-order valence-electron chi connectivity index (χ1n) is 5.57. The van der Waals surface area contributed by atoms with E-state index in [4.69, 9.17) is 11.6 Å². The van der Waals surface area contributed by atoms with Gasteiger partial charge >= 0.3 is 0 Å². The zero-order valence-corrected chi connectivity index (χ0v) is 11.5. The summed E-state index contributed by atoms with van der Waals surface area (Å²) in [7, 11) is 1.93. The zero-order valence-electron chi connectivity index (χ0n) is 9.96. The Labute approximate surface area is 111 Å². The number of nitrogens with zero attached hydrogens (tertiary/aromatic N) is 1. The molecule has 1 aromatic heterocycles. The summed E-state index contributed by atoms with van der Waals surface area (Å²) in [5, 5.41) is 4.11. The topological polar surface area (TPSA) is 24.9 Å². The van der Waals surface area contributed by atoms with E-state index in [-0.39, 0.29) is 0 Å². The first-order valence-corrected chi connectivity index (χ1v) is 6.77. The molecule has 0 amide bonds. The lowest BCUT2D eigenvalue weighted by atomic mass is 10.1. The molecule has 90 valence electrons.